The Morgan fingerprint density at radius 2 is 2.13 bits per heavy atom. The van der Waals surface area contributed by atoms with E-state index in [2.05, 4.69) is 17.1 Å². The molecule has 0 aliphatic carbocycles. The standard InChI is InChI=1S/C23H29FN2O4/c1-2-20-16-29-11-10-26(20)21-13-18(12-19(24)14-21)23(28)25-9-8-22(27)30-15-17-6-4-3-5-7-17/h3-7,12-14,20,22,27H,2,8-11,15-16H2,1H3,(H,25,28). The summed E-state index contributed by atoms with van der Waals surface area (Å²) in [5.74, 6) is -0.836. The van der Waals surface area contributed by atoms with Gasteiger partial charge in [-0.1, -0.05) is 37.3 Å². The van der Waals surface area contributed by atoms with E-state index in [9.17, 15) is 14.3 Å². The van der Waals surface area contributed by atoms with E-state index in [4.69, 9.17) is 9.47 Å². The van der Waals surface area contributed by atoms with Gasteiger partial charge in [0.15, 0.2) is 6.29 Å². The van der Waals surface area contributed by atoms with Crippen molar-refractivity contribution in [1.82, 2.24) is 5.32 Å². The Morgan fingerprint density at radius 1 is 1.33 bits per heavy atom. The monoisotopic (exact) mass is 416 g/mol. The smallest absolute Gasteiger partial charge is 0.251 e. The predicted octanol–water partition coefficient (Wildman–Crippen LogP) is 3.10. The number of anilines is 1. The van der Waals surface area contributed by atoms with Crippen molar-refractivity contribution in [2.24, 2.45) is 0 Å². The molecular formula is C23H29FN2O4. The van der Waals surface area contributed by atoms with E-state index in [0.29, 0.717) is 32.1 Å². The van der Waals surface area contributed by atoms with Crippen molar-refractivity contribution in [3.8, 4) is 0 Å². The Kier molecular flexibility index (Phi) is 8.19. The maximum Gasteiger partial charge on any atom is 0.251 e. The fraction of sp³-hybridized carbons (Fsp3) is 0.435. The zero-order chi connectivity index (χ0) is 21.3. The number of aliphatic hydroxyl groups is 1. The number of halogens is 1. The highest BCUT2D eigenvalue weighted by molar-refractivity contribution is 5.95. The molecule has 0 bridgehead atoms. The quantitative estimate of drug-likeness (QED) is 0.615. The van der Waals surface area contributed by atoms with Gasteiger partial charge in [0.05, 0.1) is 25.9 Å². The summed E-state index contributed by atoms with van der Waals surface area (Å²) >= 11 is 0. The van der Waals surface area contributed by atoms with Crippen molar-refractivity contribution in [2.45, 2.75) is 38.7 Å². The third-order valence-electron chi connectivity index (χ3n) is 5.14. The van der Waals surface area contributed by atoms with Crippen LogP contribution in [0.25, 0.3) is 0 Å². The van der Waals surface area contributed by atoms with Gasteiger partial charge >= 0.3 is 0 Å². The summed E-state index contributed by atoms with van der Waals surface area (Å²) in [4.78, 5) is 14.6. The average Bonchev–Trinajstić information content (AvgIpc) is 2.77. The molecule has 6 nitrogen and oxygen atoms in total. The highest BCUT2D eigenvalue weighted by Crippen LogP contribution is 2.24. The summed E-state index contributed by atoms with van der Waals surface area (Å²) in [5, 5.41) is 12.7. The Labute approximate surface area is 176 Å². The zero-order valence-electron chi connectivity index (χ0n) is 17.2. The number of carbonyl (C=O) groups is 1. The second-order valence-electron chi connectivity index (χ2n) is 7.32. The van der Waals surface area contributed by atoms with Crippen molar-refractivity contribution in [1.29, 1.82) is 0 Å². The van der Waals surface area contributed by atoms with Gasteiger partial charge in [-0.3, -0.25) is 4.79 Å². The van der Waals surface area contributed by atoms with Crippen LogP contribution < -0.4 is 10.2 Å². The lowest BCUT2D eigenvalue weighted by Gasteiger charge is -2.37. The number of carbonyl (C=O) groups excluding carboxylic acids is 1. The first kappa shape index (κ1) is 22.2. The van der Waals surface area contributed by atoms with Crippen LogP contribution in [0.15, 0.2) is 48.5 Å². The number of benzene rings is 2. The lowest BCUT2D eigenvalue weighted by Crippen LogP contribution is -2.45. The highest BCUT2D eigenvalue weighted by atomic mass is 19.1. The van der Waals surface area contributed by atoms with E-state index in [1.165, 1.54) is 12.1 Å². The molecule has 1 amide bonds. The Balaban J connectivity index is 1.52. The molecule has 30 heavy (non-hydrogen) atoms. The van der Waals surface area contributed by atoms with Crippen molar-refractivity contribution in [2.75, 3.05) is 31.2 Å². The van der Waals surface area contributed by atoms with E-state index < -0.39 is 12.1 Å². The van der Waals surface area contributed by atoms with Crippen molar-refractivity contribution in [3.63, 3.8) is 0 Å². The van der Waals surface area contributed by atoms with Gasteiger partial charge in [0, 0.05) is 30.8 Å². The van der Waals surface area contributed by atoms with Crippen LogP contribution in [0.2, 0.25) is 0 Å². The molecule has 0 aromatic heterocycles. The number of morpholine rings is 1. The van der Waals surface area contributed by atoms with Gasteiger partial charge in [-0.15, -0.1) is 0 Å². The van der Waals surface area contributed by atoms with E-state index in [1.54, 1.807) is 6.07 Å². The minimum atomic E-state index is -0.993. The van der Waals surface area contributed by atoms with Gasteiger partial charge in [-0.05, 0) is 30.2 Å². The molecule has 2 aromatic carbocycles. The van der Waals surface area contributed by atoms with Crippen molar-refractivity contribution < 1.29 is 23.8 Å². The molecule has 7 heteroatoms. The number of rotatable bonds is 9. The SMILES string of the molecule is CCC1COCCN1c1cc(F)cc(C(=O)NCCC(O)OCc2ccccc2)c1. The number of hydrogen-bond acceptors (Lipinski definition) is 5. The molecule has 2 N–H and O–H groups in total. The number of amides is 1. The molecule has 2 aromatic rings. The van der Waals surface area contributed by atoms with E-state index >= 15 is 0 Å². The average molecular weight is 416 g/mol. The van der Waals surface area contributed by atoms with Gasteiger partial charge in [0.25, 0.3) is 5.91 Å². The molecule has 162 valence electrons. The predicted molar refractivity (Wildman–Crippen MR) is 113 cm³/mol. The van der Waals surface area contributed by atoms with E-state index in [-0.39, 0.29) is 30.5 Å². The number of aliphatic hydroxyl groups excluding tert-OH is 1. The van der Waals surface area contributed by atoms with E-state index in [1.807, 2.05) is 30.3 Å². The second-order valence-corrected chi connectivity index (χ2v) is 7.32. The summed E-state index contributed by atoms with van der Waals surface area (Å²) < 4.78 is 25.1. The molecule has 0 radical (unpaired) electrons. The zero-order valence-corrected chi connectivity index (χ0v) is 17.2. The molecule has 1 heterocycles. The second kappa shape index (κ2) is 11.1. The summed E-state index contributed by atoms with van der Waals surface area (Å²) in [6, 6.07) is 14.1. The van der Waals surface area contributed by atoms with Crippen LogP contribution in [0.1, 0.15) is 35.7 Å². The Morgan fingerprint density at radius 3 is 2.90 bits per heavy atom. The van der Waals surface area contributed by atoms with Crippen LogP contribution in [-0.4, -0.2) is 49.6 Å². The first-order chi connectivity index (χ1) is 14.6. The highest BCUT2D eigenvalue weighted by Gasteiger charge is 2.23. The molecule has 3 rings (SSSR count). The van der Waals surface area contributed by atoms with Crippen molar-refractivity contribution >= 4 is 11.6 Å². The van der Waals surface area contributed by atoms with Gasteiger partial charge in [-0.25, -0.2) is 4.39 Å². The normalized spacial score (nSPS) is 17.6. The number of nitrogens with one attached hydrogen (secondary N) is 1. The molecular weight excluding hydrogens is 387 g/mol. The fourth-order valence-corrected chi connectivity index (χ4v) is 3.47. The Bertz CT molecular complexity index is 818. The molecule has 2 unspecified atom stereocenters. The Hall–Kier alpha value is -2.48. The van der Waals surface area contributed by atoms with Gasteiger partial charge in [0.1, 0.15) is 5.82 Å². The minimum absolute atomic E-state index is 0.161. The third-order valence-corrected chi connectivity index (χ3v) is 5.14. The molecule has 2 atom stereocenters. The van der Waals surface area contributed by atoms with Gasteiger partial charge in [-0.2, -0.15) is 0 Å². The molecule has 1 fully saturated rings. The fourth-order valence-electron chi connectivity index (χ4n) is 3.47. The third kappa shape index (κ3) is 6.26. The first-order valence-electron chi connectivity index (χ1n) is 10.3. The largest absolute Gasteiger partial charge is 0.377 e. The molecule has 0 spiro atoms. The maximum absolute atomic E-state index is 14.2. The van der Waals surface area contributed by atoms with Crippen molar-refractivity contribution in [3.05, 3.63) is 65.5 Å². The summed E-state index contributed by atoms with van der Waals surface area (Å²) in [7, 11) is 0. The van der Waals surface area contributed by atoms with E-state index in [0.717, 1.165) is 12.0 Å². The number of hydrogen-bond donors (Lipinski definition) is 2. The summed E-state index contributed by atoms with van der Waals surface area (Å²) in [6.07, 6.45) is 0.119. The van der Waals surface area contributed by atoms with Crippen LogP contribution in [-0.2, 0) is 16.1 Å². The summed E-state index contributed by atoms with van der Waals surface area (Å²) in [5.41, 5.74) is 1.90. The van der Waals surface area contributed by atoms with Gasteiger partial charge in [0.2, 0.25) is 0 Å². The number of ether oxygens (including phenoxy) is 2. The minimum Gasteiger partial charge on any atom is -0.377 e. The van der Waals surface area contributed by atoms with Gasteiger partial charge < -0.3 is 24.8 Å². The molecule has 1 aliphatic heterocycles. The lowest BCUT2D eigenvalue weighted by atomic mass is 10.1. The maximum atomic E-state index is 14.2. The van der Waals surface area contributed by atoms with Crippen LogP contribution >= 0.6 is 0 Å². The van der Waals surface area contributed by atoms with Crippen LogP contribution in [0.5, 0.6) is 0 Å². The van der Waals surface area contributed by atoms with Crippen LogP contribution in [0.3, 0.4) is 0 Å². The molecule has 0 saturated carbocycles. The molecule has 1 saturated heterocycles. The number of nitrogens with zero attached hydrogens (tertiary/aromatic N) is 1. The van der Waals surface area contributed by atoms with Crippen LogP contribution in [0.4, 0.5) is 10.1 Å². The lowest BCUT2D eigenvalue weighted by molar-refractivity contribution is -0.110. The summed E-state index contributed by atoms with van der Waals surface area (Å²) in [6.45, 7) is 4.40. The van der Waals surface area contributed by atoms with Crippen LogP contribution in [0, 0.1) is 5.82 Å². The molecule has 1 aliphatic rings. The topological polar surface area (TPSA) is 71.0 Å². The first-order valence-corrected chi connectivity index (χ1v) is 10.3.